The molecule has 0 saturated carbocycles. The Morgan fingerprint density at radius 3 is 2.61 bits per heavy atom. The predicted molar refractivity (Wildman–Crippen MR) is 115 cm³/mol. The van der Waals surface area contributed by atoms with Gasteiger partial charge in [-0.1, -0.05) is 76.2 Å². The summed E-state index contributed by atoms with van der Waals surface area (Å²) in [6.45, 7) is 0. The molecule has 1 atom stereocenters. The van der Waals surface area contributed by atoms with Crippen LogP contribution in [0.15, 0.2) is 69.0 Å². The van der Waals surface area contributed by atoms with Gasteiger partial charge in [-0.15, -0.1) is 0 Å². The molecule has 3 aromatic rings. The second-order valence-corrected chi connectivity index (χ2v) is 8.42. The number of amides is 1. The summed E-state index contributed by atoms with van der Waals surface area (Å²) >= 11 is 5.03. The van der Waals surface area contributed by atoms with Gasteiger partial charge in [-0.25, -0.2) is 0 Å². The number of aromatic nitrogens is 2. The number of halogens is 1. The summed E-state index contributed by atoms with van der Waals surface area (Å²) in [4.78, 5) is 29.7. The molecule has 142 valence electrons. The van der Waals surface area contributed by atoms with Crippen LogP contribution >= 0.6 is 27.7 Å². The average molecular weight is 456 g/mol. The van der Waals surface area contributed by atoms with Gasteiger partial charge in [-0.2, -0.15) is 4.98 Å². The molecule has 0 radical (unpaired) electrons. The molecule has 1 N–H and O–H groups in total. The molecule has 0 saturated heterocycles. The molecule has 0 spiro atoms. The Labute approximate surface area is 175 Å². The van der Waals surface area contributed by atoms with E-state index in [1.807, 2.05) is 66.2 Å². The normalized spacial score (nSPS) is 15.8. The van der Waals surface area contributed by atoms with Crippen molar-refractivity contribution < 1.29 is 4.79 Å². The molecule has 5 nitrogen and oxygen atoms in total. The molecule has 2 heterocycles. The van der Waals surface area contributed by atoms with Crippen LogP contribution in [-0.4, -0.2) is 15.5 Å². The van der Waals surface area contributed by atoms with Crippen LogP contribution in [0.4, 0.5) is 5.82 Å². The van der Waals surface area contributed by atoms with Gasteiger partial charge >= 0.3 is 0 Å². The molecule has 1 unspecified atom stereocenters. The first-order valence-corrected chi connectivity index (χ1v) is 10.6. The third-order valence-electron chi connectivity index (χ3n) is 4.79. The molecule has 0 bridgehead atoms. The van der Waals surface area contributed by atoms with Gasteiger partial charge < -0.3 is 9.88 Å². The second-order valence-electron chi connectivity index (χ2n) is 6.62. The van der Waals surface area contributed by atoms with Gasteiger partial charge in [0.05, 0.1) is 5.56 Å². The standard InChI is InChI=1S/C21H18BrN3O2S/c1-25-19-18(15(11-17(26)23-19)14-9-5-6-10-16(14)22)20(27)24-21(25)28-12-13-7-3-2-4-8-13/h2-10,15H,11-12H2,1H3,(H,23,26). The molecule has 28 heavy (non-hydrogen) atoms. The molecular weight excluding hydrogens is 438 g/mol. The number of fused-ring (bicyclic) bond motifs is 1. The summed E-state index contributed by atoms with van der Waals surface area (Å²) in [6.07, 6.45) is 0.225. The lowest BCUT2D eigenvalue weighted by molar-refractivity contribution is -0.116. The van der Waals surface area contributed by atoms with Crippen LogP contribution < -0.4 is 10.9 Å². The van der Waals surface area contributed by atoms with Gasteiger partial charge in [0, 0.05) is 29.6 Å². The number of hydrogen-bond donors (Lipinski definition) is 1. The number of carbonyl (C=O) groups is 1. The topological polar surface area (TPSA) is 64.0 Å². The zero-order valence-corrected chi connectivity index (χ0v) is 17.6. The van der Waals surface area contributed by atoms with E-state index in [2.05, 4.69) is 26.2 Å². The third kappa shape index (κ3) is 3.64. The number of thioether (sulfide) groups is 1. The minimum Gasteiger partial charge on any atom is -0.312 e. The fraction of sp³-hybridized carbons (Fsp3) is 0.190. The van der Waals surface area contributed by atoms with E-state index < -0.39 is 0 Å². The first-order chi connectivity index (χ1) is 13.5. The highest BCUT2D eigenvalue weighted by atomic mass is 79.9. The fourth-order valence-electron chi connectivity index (χ4n) is 3.41. The van der Waals surface area contributed by atoms with Crippen molar-refractivity contribution in [1.29, 1.82) is 0 Å². The van der Waals surface area contributed by atoms with E-state index in [-0.39, 0.29) is 23.8 Å². The lowest BCUT2D eigenvalue weighted by Crippen LogP contribution is -2.33. The lowest BCUT2D eigenvalue weighted by atomic mass is 9.87. The van der Waals surface area contributed by atoms with Gasteiger partial charge in [-0.3, -0.25) is 9.59 Å². The maximum absolute atomic E-state index is 12.9. The Bertz CT molecular complexity index is 1100. The van der Waals surface area contributed by atoms with Crippen LogP contribution in [0.5, 0.6) is 0 Å². The predicted octanol–water partition coefficient (Wildman–Crippen LogP) is 4.31. The third-order valence-corrected chi connectivity index (χ3v) is 6.62. The molecular formula is C21H18BrN3O2S. The molecule has 2 aromatic carbocycles. The average Bonchev–Trinajstić information content (AvgIpc) is 2.70. The van der Waals surface area contributed by atoms with E-state index in [0.29, 0.717) is 22.3 Å². The Hall–Kier alpha value is -2.38. The maximum atomic E-state index is 12.9. The van der Waals surface area contributed by atoms with Gasteiger partial charge in [0.1, 0.15) is 5.82 Å². The van der Waals surface area contributed by atoms with Gasteiger partial charge in [0.2, 0.25) is 5.91 Å². The number of carbonyl (C=O) groups excluding carboxylic acids is 1. The number of rotatable bonds is 4. The molecule has 1 aliphatic rings. The summed E-state index contributed by atoms with van der Waals surface area (Å²) in [5.74, 6) is 0.807. The number of hydrogen-bond acceptors (Lipinski definition) is 4. The van der Waals surface area contributed by atoms with Crippen LogP contribution in [0, 0.1) is 0 Å². The van der Waals surface area contributed by atoms with Crippen LogP contribution in [-0.2, 0) is 17.6 Å². The highest BCUT2D eigenvalue weighted by Crippen LogP contribution is 2.38. The van der Waals surface area contributed by atoms with E-state index in [4.69, 9.17) is 0 Å². The minimum atomic E-state index is -0.321. The molecule has 1 aromatic heterocycles. The van der Waals surface area contributed by atoms with Gasteiger partial charge in [0.25, 0.3) is 5.56 Å². The number of anilines is 1. The van der Waals surface area contributed by atoms with Gasteiger partial charge in [-0.05, 0) is 17.2 Å². The Morgan fingerprint density at radius 2 is 1.86 bits per heavy atom. The maximum Gasteiger partial charge on any atom is 0.279 e. The number of benzene rings is 2. The van der Waals surface area contributed by atoms with Gasteiger partial charge in [0.15, 0.2) is 5.16 Å². The summed E-state index contributed by atoms with van der Waals surface area (Å²) in [7, 11) is 1.83. The number of nitrogens with one attached hydrogen (secondary N) is 1. The highest BCUT2D eigenvalue weighted by Gasteiger charge is 2.32. The first kappa shape index (κ1) is 19.0. The fourth-order valence-corrected chi connectivity index (χ4v) is 4.89. The van der Waals surface area contributed by atoms with Crippen LogP contribution in [0.25, 0.3) is 0 Å². The quantitative estimate of drug-likeness (QED) is 0.470. The summed E-state index contributed by atoms with van der Waals surface area (Å²) in [6, 6.07) is 17.7. The van der Waals surface area contributed by atoms with Crippen molar-refractivity contribution in [2.75, 3.05) is 5.32 Å². The monoisotopic (exact) mass is 455 g/mol. The molecule has 4 rings (SSSR count). The zero-order valence-electron chi connectivity index (χ0n) is 15.2. The summed E-state index contributed by atoms with van der Waals surface area (Å²) < 4.78 is 2.69. The van der Waals surface area contributed by atoms with Crippen molar-refractivity contribution in [3.05, 3.63) is 86.1 Å². The first-order valence-electron chi connectivity index (χ1n) is 8.86. The van der Waals surface area contributed by atoms with Crippen LogP contribution in [0.3, 0.4) is 0 Å². The van der Waals surface area contributed by atoms with E-state index >= 15 is 0 Å². The van der Waals surface area contributed by atoms with Crippen molar-refractivity contribution in [3.8, 4) is 0 Å². The Balaban J connectivity index is 1.75. The molecule has 1 aliphatic heterocycles. The Kier molecular flexibility index (Phi) is 5.37. The summed E-state index contributed by atoms with van der Waals surface area (Å²) in [5, 5.41) is 3.47. The van der Waals surface area contributed by atoms with E-state index in [9.17, 15) is 9.59 Å². The number of nitrogens with zero attached hydrogens (tertiary/aromatic N) is 2. The zero-order chi connectivity index (χ0) is 19.7. The second kappa shape index (κ2) is 7.93. The van der Waals surface area contributed by atoms with Crippen LogP contribution in [0.1, 0.15) is 29.0 Å². The van der Waals surface area contributed by atoms with Crippen molar-refractivity contribution in [2.45, 2.75) is 23.2 Å². The largest absolute Gasteiger partial charge is 0.312 e. The minimum absolute atomic E-state index is 0.103. The van der Waals surface area contributed by atoms with E-state index in [0.717, 1.165) is 15.6 Å². The van der Waals surface area contributed by atoms with Crippen LogP contribution in [0.2, 0.25) is 0 Å². The molecule has 7 heteroatoms. The molecule has 0 aliphatic carbocycles. The smallest absolute Gasteiger partial charge is 0.279 e. The lowest BCUT2D eigenvalue weighted by Gasteiger charge is -2.28. The van der Waals surface area contributed by atoms with Crippen molar-refractivity contribution in [1.82, 2.24) is 9.55 Å². The molecule has 1 amide bonds. The highest BCUT2D eigenvalue weighted by molar-refractivity contribution is 9.10. The SMILES string of the molecule is Cn1c(SCc2ccccc2)nc(=O)c2c1NC(=O)CC2c1ccccc1Br. The van der Waals surface area contributed by atoms with Crippen molar-refractivity contribution in [2.24, 2.45) is 7.05 Å². The van der Waals surface area contributed by atoms with E-state index in [1.54, 1.807) is 0 Å². The van der Waals surface area contributed by atoms with Crippen molar-refractivity contribution in [3.63, 3.8) is 0 Å². The van der Waals surface area contributed by atoms with E-state index in [1.165, 1.54) is 11.8 Å². The van der Waals surface area contributed by atoms with Crippen molar-refractivity contribution >= 4 is 39.4 Å². The Morgan fingerprint density at radius 1 is 1.14 bits per heavy atom. The molecule has 0 fully saturated rings. The summed E-state index contributed by atoms with van der Waals surface area (Å²) in [5.41, 5.74) is 2.32.